The van der Waals surface area contributed by atoms with Crippen molar-refractivity contribution < 1.29 is 36.3 Å². The summed E-state index contributed by atoms with van der Waals surface area (Å²) in [6, 6.07) is 12.7. The number of hydrogen-bond acceptors (Lipinski definition) is 7. The number of carbonyl (C=O) groups excluding carboxylic acids is 2. The molecule has 1 aromatic heterocycles. The molecule has 3 aromatic rings. The maximum absolute atomic E-state index is 13.7. The largest absolute Gasteiger partial charge is 0.494 e. The van der Waals surface area contributed by atoms with Crippen molar-refractivity contribution in [3.05, 3.63) is 83.6 Å². The highest BCUT2D eigenvalue weighted by atomic mass is 32.2. The van der Waals surface area contributed by atoms with Gasteiger partial charge >= 0.3 is 5.97 Å². The summed E-state index contributed by atoms with van der Waals surface area (Å²) < 4.78 is 53.5. The van der Waals surface area contributed by atoms with E-state index in [9.17, 15) is 22.4 Å². The zero-order chi connectivity index (χ0) is 21.7. The van der Waals surface area contributed by atoms with Gasteiger partial charge in [-0.3, -0.25) is 4.79 Å². The second-order valence-electron chi connectivity index (χ2n) is 6.20. The summed E-state index contributed by atoms with van der Waals surface area (Å²) in [5.41, 5.74) is 0.0965. The number of ether oxygens (including phenoxy) is 2. The molecule has 30 heavy (non-hydrogen) atoms. The third kappa shape index (κ3) is 4.74. The lowest BCUT2D eigenvalue weighted by Gasteiger charge is -2.07. The highest BCUT2D eigenvalue weighted by Crippen LogP contribution is 2.21. The van der Waals surface area contributed by atoms with Crippen molar-refractivity contribution >= 4 is 21.6 Å². The standard InChI is InChI=1S/C21H17FO7S/c1-27-19-8-7-14(11-17(19)22)18(23)12-29-21(24)20-15(9-10-28-20)13-30(25,26)16-5-3-2-4-6-16/h2-11H,12-13H2,1H3. The van der Waals surface area contributed by atoms with Gasteiger partial charge in [0.15, 0.2) is 33.8 Å². The van der Waals surface area contributed by atoms with E-state index in [-0.39, 0.29) is 27.5 Å². The van der Waals surface area contributed by atoms with Gasteiger partial charge in [0.1, 0.15) is 0 Å². The van der Waals surface area contributed by atoms with Crippen molar-refractivity contribution in [2.24, 2.45) is 0 Å². The van der Waals surface area contributed by atoms with Crippen LogP contribution in [0.15, 0.2) is 70.2 Å². The monoisotopic (exact) mass is 432 g/mol. The molecule has 0 saturated heterocycles. The van der Waals surface area contributed by atoms with Gasteiger partial charge < -0.3 is 13.9 Å². The number of halogens is 1. The Morgan fingerprint density at radius 1 is 1.07 bits per heavy atom. The molecule has 9 heteroatoms. The van der Waals surface area contributed by atoms with Crippen LogP contribution in [0.4, 0.5) is 4.39 Å². The topological polar surface area (TPSA) is 99.9 Å². The van der Waals surface area contributed by atoms with Gasteiger partial charge in [-0.15, -0.1) is 0 Å². The molecule has 1 heterocycles. The fourth-order valence-corrected chi connectivity index (χ4v) is 4.04. The molecule has 0 aliphatic rings. The number of esters is 1. The SMILES string of the molecule is COc1ccc(C(=O)COC(=O)c2occc2CS(=O)(=O)c2ccccc2)cc1F. The zero-order valence-electron chi connectivity index (χ0n) is 15.8. The Kier molecular flexibility index (Phi) is 6.31. The van der Waals surface area contributed by atoms with Crippen molar-refractivity contribution in [3.63, 3.8) is 0 Å². The molecule has 0 atom stereocenters. The molecular formula is C21H17FO7S. The Balaban J connectivity index is 1.68. The third-order valence-electron chi connectivity index (χ3n) is 4.19. The molecule has 156 valence electrons. The molecule has 0 spiro atoms. The van der Waals surface area contributed by atoms with Crippen LogP contribution < -0.4 is 4.74 Å². The average Bonchev–Trinajstić information content (AvgIpc) is 3.19. The quantitative estimate of drug-likeness (QED) is 0.397. The van der Waals surface area contributed by atoms with E-state index in [2.05, 4.69) is 0 Å². The van der Waals surface area contributed by atoms with Gasteiger partial charge in [-0.1, -0.05) is 18.2 Å². The lowest BCUT2D eigenvalue weighted by atomic mass is 10.1. The van der Waals surface area contributed by atoms with Crippen LogP contribution in [0.1, 0.15) is 26.5 Å². The molecule has 0 radical (unpaired) electrons. The van der Waals surface area contributed by atoms with Gasteiger partial charge in [-0.25, -0.2) is 17.6 Å². The molecule has 0 saturated carbocycles. The van der Waals surface area contributed by atoms with Gasteiger partial charge in [-0.2, -0.15) is 0 Å². The fraction of sp³-hybridized carbons (Fsp3) is 0.143. The predicted octanol–water partition coefficient (Wildman–Crippen LogP) is 3.44. The van der Waals surface area contributed by atoms with E-state index in [0.717, 1.165) is 12.3 Å². The first-order valence-electron chi connectivity index (χ1n) is 8.70. The second-order valence-corrected chi connectivity index (χ2v) is 8.19. The summed E-state index contributed by atoms with van der Waals surface area (Å²) >= 11 is 0. The molecule has 0 fully saturated rings. The van der Waals surface area contributed by atoms with Crippen LogP contribution in [0.3, 0.4) is 0 Å². The Labute approximate surface area is 172 Å². The molecule has 3 rings (SSSR count). The normalized spacial score (nSPS) is 11.1. The molecule has 0 aliphatic heterocycles. The van der Waals surface area contributed by atoms with E-state index < -0.39 is 39.8 Å². The predicted molar refractivity (Wildman–Crippen MR) is 104 cm³/mol. The Morgan fingerprint density at radius 2 is 1.80 bits per heavy atom. The van der Waals surface area contributed by atoms with Crippen molar-refractivity contribution in [1.29, 1.82) is 0 Å². The van der Waals surface area contributed by atoms with Crippen molar-refractivity contribution in [3.8, 4) is 5.75 Å². The first-order chi connectivity index (χ1) is 14.3. The summed E-state index contributed by atoms with van der Waals surface area (Å²) in [5, 5.41) is 0. The van der Waals surface area contributed by atoms with Crippen LogP contribution in [0.5, 0.6) is 5.75 Å². The molecule has 7 nitrogen and oxygen atoms in total. The molecule has 0 N–H and O–H groups in total. The van der Waals surface area contributed by atoms with Crippen molar-refractivity contribution in [2.45, 2.75) is 10.6 Å². The van der Waals surface area contributed by atoms with Gasteiger partial charge in [0.05, 0.1) is 24.0 Å². The maximum atomic E-state index is 13.7. The number of Topliss-reactive ketones (excluding diaryl/α,β-unsaturated/α-hetero) is 1. The first kappa shape index (κ1) is 21.3. The van der Waals surface area contributed by atoms with Gasteiger partial charge in [0, 0.05) is 11.1 Å². The molecule has 2 aromatic carbocycles. The molecule has 0 bridgehead atoms. The van der Waals surface area contributed by atoms with E-state index in [1.165, 1.54) is 37.4 Å². The number of sulfone groups is 1. The molecule has 0 aliphatic carbocycles. The summed E-state index contributed by atoms with van der Waals surface area (Å²) in [6.07, 6.45) is 1.16. The zero-order valence-corrected chi connectivity index (χ0v) is 16.6. The fourth-order valence-electron chi connectivity index (χ4n) is 2.66. The number of carbonyl (C=O) groups is 2. The number of ketones is 1. The Hall–Kier alpha value is -3.46. The molecule has 0 amide bonds. The minimum Gasteiger partial charge on any atom is -0.494 e. The van der Waals surface area contributed by atoms with E-state index in [1.54, 1.807) is 18.2 Å². The van der Waals surface area contributed by atoms with E-state index in [0.29, 0.717) is 0 Å². The second kappa shape index (κ2) is 8.91. The summed E-state index contributed by atoms with van der Waals surface area (Å²) in [5.74, 6) is -3.19. The maximum Gasteiger partial charge on any atom is 0.374 e. The van der Waals surface area contributed by atoms with Crippen LogP contribution in [-0.4, -0.2) is 33.9 Å². The van der Waals surface area contributed by atoms with Crippen LogP contribution in [0, 0.1) is 5.82 Å². The van der Waals surface area contributed by atoms with Crippen LogP contribution in [-0.2, 0) is 20.3 Å². The first-order valence-corrected chi connectivity index (χ1v) is 10.3. The molecular weight excluding hydrogens is 415 g/mol. The molecule has 0 unspecified atom stereocenters. The summed E-state index contributed by atoms with van der Waals surface area (Å²) in [6.45, 7) is -0.670. The highest BCUT2D eigenvalue weighted by Gasteiger charge is 2.24. The van der Waals surface area contributed by atoms with Gasteiger partial charge in [0.2, 0.25) is 5.76 Å². The number of rotatable bonds is 8. The van der Waals surface area contributed by atoms with Crippen molar-refractivity contribution in [2.75, 3.05) is 13.7 Å². The van der Waals surface area contributed by atoms with Crippen LogP contribution in [0.2, 0.25) is 0 Å². The minimum atomic E-state index is -3.71. The third-order valence-corrected chi connectivity index (χ3v) is 5.87. The van der Waals surface area contributed by atoms with Gasteiger partial charge in [0.25, 0.3) is 0 Å². The van der Waals surface area contributed by atoms with Crippen LogP contribution >= 0.6 is 0 Å². The van der Waals surface area contributed by atoms with E-state index >= 15 is 0 Å². The lowest BCUT2D eigenvalue weighted by Crippen LogP contribution is -2.16. The van der Waals surface area contributed by atoms with Crippen LogP contribution in [0.25, 0.3) is 0 Å². The summed E-state index contributed by atoms with van der Waals surface area (Å²) in [4.78, 5) is 24.6. The van der Waals surface area contributed by atoms with Crippen molar-refractivity contribution in [1.82, 2.24) is 0 Å². The Bertz CT molecular complexity index is 1170. The number of benzene rings is 2. The number of furan rings is 1. The van der Waals surface area contributed by atoms with Gasteiger partial charge in [-0.05, 0) is 36.4 Å². The highest BCUT2D eigenvalue weighted by molar-refractivity contribution is 7.90. The number of hydrogen-bond donors (Lipinski definition) is 0. The number of methoxy groups -OCH3 is 1. The van der Waals surface area contributed by atoms with E-state index in [4.69, 9.17) is 13.9 Å². The van der Waals surface area contributed by atoms with E-state index in [1.807, 2.05) is 0 Å². The smallest absolute Gasteiger partial charge is 0.374 e. The minimum absolute atomic E-state index is 0.00702. The lowest BCUT2D eigenvalue weighted by molar-refractivity contribution is 0.0442. The average molecular weight is 432 g/mol. The summed E-state index contributed by atoms with van der Waals surface area (Å²) in [7, 11) is -2.42. The Morgan fingerprint density at radius 3 is 2.47 bits per heavy atom.